The fourth-order valence-corrected chi connectivity index (χ4v) is 1.94. The maximum Gasteiger partial charge on any atom is 0.0379 e. The highest BCUT2D eigenvalue weighted by Crippen LogP contribution is 2.27. The van der Waals surface area contributed by atoms with Crippen LogP contribution >= 0.6 is 15.9 Å². The second kappa shape index (κ2) is 3.09. The van der Waals surface area contributed by atoms with Crippen LogP contribution in [-0.4, -0.2) is 12.6 Å². The minimum absolute atomic E-state index is 0.722. The van der Waals surface area contributed by atoms with Crippen LogP contribution in [0.25, 0.3) is 0 Å². The topological polar surface area (TPSA) is 3.24 Å². The molecule has 1 atom stereocenters. The number of halogens is 1. The zero-order valence-corrected chi connectivity index (χ0v) is 8.71. The Balaban J connectivity index is 2.22. The van der Waals surface area contributed by atoms with Crippen LogP contribution in [0.15, 0.2) is 28.7 Å². The lowest BCUT2D eigenvalue weighted by Crippen LogP contribution is -2.45. The van der Waals surface area contributed by atoms with Crippen molar-refractivity contribution >= 4 is 21.6 Å². The number of rotatable bonds is 1. The largest absolute Gasteiger partial charge is 0.369 e. The van der Waals surface area contributed by atoms with Crippen molar-refractivity contribution in [2.45, 2.75) is 19.4 Å². The molecule has 2 rings (SSSR count). The Labute approximate surface area is 81.5 Å². The smallest absolute Gasteiger partial charge is 0.0379 e. The summed E-state index contributed by atoms with van der Waals surface area (Å²) in [6, 6.07) is 9.22. The first kappa shape index (κ1) is 8.11. The van der Waals surface area contributed by atoms with Crippen LogP contribution in [0.1, 0.15) is 13.3 Å². The van der Waals surface area contributed by atoms with E-state index < -0.39 is 0 Å². The van der Waals surface area contributed by atoms with Gasteiger partial charge in [-0.15, -0.1) is 0 Å². The molecule has 1 heterocycles. The molecule has 12 heavy (non-hydrogen) atoms. The van der Waals surface area contributed by atoms with Gasteiger partial charge in [0.2, 0.25) is 0 Å². The summed E-state index contributed by atoms with van der Waals surface area (Å²) in [6.45, 7) is 3.47. The molecule has 0 bridgehead atoms. The number of benzene rings is 1. The highest BCUT2D eigenvalue weighted by atomic mass is 79.9. The van der Waals surface area contributed by atoms with Gasteiger partial charge in [-0.25, -0.2) is 0 Å². The Bertz CT molecular complexity index is 285. The van der Waals surface area contributed by atoms with Crippen molar-refractivity contribution in [3.05, 3.63) is 28.7 Å². The van der Waals surface area contributed by atoms with Crippen molar-refractivity contribution in [3.63, 3.8) is 0 Å². The van der Waals surface area contributed by atoms with Crippen molar-refractivity contribution < 1.29 is 0 Å². The van der Waals surface area contributed by atoms with E-state index >= 15 is 0 Å². The van der Waals surface area contributed by atoms with Gasteiger partial charge >= 0.3 is 0 Å². The van der Waals surface area contributed by atoms with Crippen LogP contribution in [0, 0.1) is 0 Å². The lowest BCUT2D eigenvalue weighted by atomic mass is 10.0. The molecule has 0 radical (unpaired) electrons. The Morgan fingerprint density at radius 1 is 1.50 bits per heavy atom. The van der Waals surface area contributed by atoms with Gasteiger partial charge in [-0.1, -0.05) is 22.0 Å². The summed E-state index contributed by atoms with van der Waals surface area (Å²) >= 11 is 3.48. The summed E-state index contributed by atoms with van der Waals surface area (Å²) in [5.74, 6) is 0. The van der Waals surface area contributed by atoms with Gasteiger partial charge < -0.3 is 4.90 Å². The van der Waals surface area contributed by atoms with E-state index in [-0.39, 0.29) is 0 Å². The molecular formula is C10H12BrN. The molecule has 2 heteroatoms. The van der Waals surface area contributed by atoms with Crippen LogP contribution in [-0.2, 0) is 0 Å². The second-order valence-corrected chi connectivity index (χ2v) is 4.23. The molecule has 1 nitrogen and oxygen atoms in total. The third kappa shape index (κ3) is 1.36. The fraction of sp³-hybridized carbons (Fsp3) is 0.400. The first-order valence-corrected chi connectivity index (χ1v) is 5.09. The summed E-state index contributed by atoms with van der Waals surface area (Å²) in [6.07, 6.45) is 1.33. The molecule has 0 aliphatic carbocycles. The summed E-state index contributed by atoms with van der Waals surface area (Å²) in [5, 5.41) is 0. The minimum Gasteiger partial charge on any atom is -0.369 e. The number of hydrogen-bond acceptors (Lipinski definition) is 1. The third-order valence-electron chi connectivity index (χ3n) is 2.46. The zero-order chi connectivity index (χ0) is 8.55. The van der Waals surface area contributed by atoms with Gasteiger partial charge in [0.1, 0.15) is 0 Å². The molecule has 1 aliphatic rings. The van der Waals surface area contributed by atoms with Gasteiger partial charge in [0.05, 0.1) is 0 Å². The van der Waals surface area contributed by atoms with Crippen LogP contribution in [0.3, 0.4) is 0 Å². The van der Waals surface area contributed by atoms with E-state index in [9.17, 15) is 0 Å². The summed E-state index contributed by atoms with van der Waals surface area (Å²) < 4.78 is 1.17. The first-order valence-electron chi connectivity index (χ1n) is 4.29. The van der Waals surface area contributed by atoms with Gasteiger partial charge in [-0.2, -0.15) is 0 Å². The Kier molecular flexibility index (Phi) is 2.09. The quantitative estimate of drug-likeness (QED) is 0.711. The standard InChI is InChI=1S/C10H12BrN/c1-8-5-6-12(8)10-4-2-3-9(11)7-10/h2-4,7-8H,5-6H2,1H3. The predicted octanol–water partition coefficient (Wildman–Crippen LogP) is 3.05. The molecule has 0 spiro atoms. The molecule has 1 saturated heterocycles. The van der Waals surface area contributed by atoms with Crippen LogP contribution in [0.2, 0.25) is 0 Å². The summed E-state index contributed by atoms with van der Waals surface area (Å²) in [5.41, 5.74) is 1.34. The van der Waals surface area contributed by atoms with Crippen LogP contribution < -0.4 is 4.90 Å². The van der Waals surface area contributed by atoms with E-state index in [0.29, 0.717) is 0 Å². The maximum atomic E-state index is 3.48. The van der Waals surface area contributed by atoms with Crippen molar-refractivity contribution in [3.8, 4) is 0 Å². The maximum absolute atomic E-state index is 3.48. The van der Waals surface area contributed by atoms with Gasteiger partial charge in [0, 0.05) is 22.7 Å². The van der Waals surface area contributed by atoms with E-state index in [1.54, 1.807) is 0 Å². The molecule has 0 N–H and O–H groups in total. The monoisotopic (exact) mass is 225 g/mol. The highest BCUT2D eigenvalue weighted by Gasteiger charge is 2.23. The molecule has 1 aromatic rings. The van der Waals surface area contributed by atoms with Crippen LogP contribution in [0.5, 0.6) is 0 Å². The van der Waals surface area contributed by atoms with E-state index in [1.807, 2.05) is 0 Å². The number of hydrogen-bond donors (Lipinski definition) is 0. The van der Waals surface area contributed by atoms with Gasteiger partial charge in [0.25, 0.3) is 0 Å². The molecule has 64 valence electrons. The normalized spacial score (nSPS) is 22.2. The van der Waals surface area contributed by atoms with E-state index in [0.717, 1.165) is 6.04 Å². The Morgan fingerprint density at radius 2 is 2.33 bits per heavy atom. The van der Waals surface area contributed by atoms with E-state index in [4.69, 9.17) is 0 Å². The molecular weight excluding hydrogens is 214 g/mol. The van der Waals surface area contributed by atoms with Gasteiger partial charge in [-0.3, -0.25) is 0 Å². The van der Waals surface area contributed by atoms with Crippen LogP contribution in [0.4, 0.5) is 5.69 Å². The van der Waals surface area contributed by atoms with Gasteiger partial charge in [-0.05, 0) is 31.5 Å². The van der Waals surface area contributed by atoms with Crippen molar-refractivity contribution in [1.82, 2.24) is 0 Å². The van der Waals surface area contributed by atoms with E-state index in [2.05, 4.69) is 52.0 Å². The SMILES string of the molecule is CC1CCN1c1cccc(Br)c1. The Hall–Kier alpha value is -0.500. The zero-order valence-electron chi connectivity index (χ0n) is 7.13. The number of nitrogens with zero attached hydrogens (tertiary/aromatic N) is 1. The lowest BCUT2D eigenvalue weighted by molar-refractivity contribution is 0.481. The molecule has 0 saturated carbocycles. The van der Waals surface area contributed by atoms with Crippen molar-refractivity contribution in [1.29, 1.82) is 0 Å². The minimum atomic E-state index is 0.722. The Morgan fingerprint density at radius 3 is 2.83 bits per heavy atom. The second-order valence-electron chi connectivity index (χ2n) is 3.31. The lowest BCUT2D eigenvalue weighted by Gasteiger charge is -2.40. The highest BCUT2D eigenvalue weighted by molar-refractivity contribution is 9.10. The van der Waals surface area contributed by atoms with Gasteiger partial charge in [0.15, 0.2) is 0 Å². The molecule has 1 unspecified atom stereocenters. The fourth-order valence-electron chi connectivity index (χ4n) is 1.55. The molecule has 1 fully saturated rings. The summed E-state index contributed by atoms with van der Waals surface area (Å²) in [4.78, 5) is 2.42. The molecule has 1 aliphatic heterocycles. The summed E-state index contributed by atoms with van der Waals surface area (Å²) in [7, 11) is 0. The molecule has 0 amide bonds. The van der Waals surface area contributed by atoms with E-state index in [1.165, 1.54) is 23.1 Å². The average molecular weight is 226 g/mol. The molecule has 0 aromatic heterocycles. The average Bonchev–Trinajstić information content (AvgIpc) is 2.02. The predicted molar refractivity (Wildman–Crippen MR) is 55.6 cm³/mol. The third-order valence-corrected chi connectivity index (χ3v) is 2.95. The first-order chi connectivity index (χ1) is 5.77. The van der Waals surface area contributed by atoms with Crippen molar-refractivity contribution in [2.24, 2.45) is 0 Å². The number of anilines is 1. The molecule has 1 aromatic carbocycles. The van der Waals surface area contributed by atoms with Crippen molar-refractivity contribution in [2.75, 3.05) is 11.4 Å².